The largest absolute Gasteiger partial charge is 0.468 e. The summed E-state index contributed by atoms with van der Waals surface area (Å²) in [5, 5.41) is 0. The molecule has 0 atom stereocenters. The number of carbonyl (C=O) groups is 1. The zero-order valence-electron chi connectivity index (χ0n) is 13.6. The third-order valence-corrected chi connectivity index (χ3v) is 4.23. The predicted octanol–water partition coefficient (Wildman–Crippen LogP) is 2.95. The normalized spacial score (nSPS) is 15.4. The van der Waals surface area contributed by atoms with E-state index in [1.807, 2.05) is 4.90 Å². The van der Waals surface area contributed by atoms with Gasteiger partial charge in [0.2, 0.25) is 0 Å². The van der Waals surface area contributed by atoms with Crippen molar-refractivity contribution in [3.05, 3.63) is 47.7 Å². The summed E-state index contributed by atoms with van der Waals surface area (Å²) in [4.78, 5) is 16.8. The summed E-state index contributed by atoms with van der Waals surface area (Å²) in [5.74, 6) is 0.635. The van der Waals surface area contributed by atoms with E-state index in [-0.39, 0.29) is 5.91 Å². The first kappa shape index (κ1) is 15.5. The molecule has 1 aliphatic rings. The Bertz CT molecular complexity index is 680. The highest BCUT2D eigenvalue weighted by atomic mass is 16.6. The summed E-state index contributed by atoms with van der Waals surface area (Å²) in [7, 11) is 1.53. The van der Waals surface area contributed by atoms with Gasteiger partial charge in [-0.1, -0.05) is 18.2 Å². The van der Waals surface area contributed by atoms with Gasteiger partial charge >= 0.3 is 0 Å². The number of furan rings is 1. The molecule has 1 saturated heterocycles. The summed E-state index contributed by atoms with van der Waals surface area (Å²) in [5.41, 5.74) is 2.52. The molecule has 0 unspecified atom stereocenters. The maximum Gasteiger partial charge on any atom is 0.289 e. The van der Waals surface area contributed by atoms with E-state index in [9.17, 15) is 4.79 Å². The molecule has 5 heteroatoms. The molecule has 1 aliphatic heterocycles. The summed E-state index contributed by atoms with van der Waals surface area (Å²) in [6.07, 6.45) is 0.942. The monoisotopic (exact) mass is 314 g/mol. The van der Waals surface area contributed by atoms with Gasteiger partial charge in [-0.05, 0) is 31.0 Å². The molecule has 3 rings (SSSR count). The average molecular weight is 314 g/mol. The highest BCUT2D eigenvalue weighted by molar-refractivity contribution is 5.91. The molecule has 0 aliphatic carbocycles. The fourth-order valence-corrected chi connectivity index (χ4v) is 2.98. The van der Waals surface area contributed by atoms with Gasteiger partial charge in [0, 0.05) is 37.9 Å². The van der Waals surface area contributed by atoms with Gasteiger partial charge in [0.15, 0.2) is 5.76 Å². The molecule has 1 fully saturated rings. The van der Waals surface area contributed by atoms with Crippen LogP contribution in [-0.4, -0.2) is 44.1 Å². The van der Waals surface area contributed by atoms with Crippen LogP contribution in [0.5, 0.6) is 5.95 Å². The van der Waals surface area contributed by atoms with Crippen LogP contribution in [0, 0.1) is 6.92 Å². The van der Waals surface area contributed by atoms with Crippen LogP contribution in [0.1, 0.15) is 22.5 Å². The first-order valence-corrected chi connectivity index (χ1v) is 7.92. The first-order valence-electron chi connectivity index (χ1n) is 7.92. The van der Waals surface area contributed by atoms with Crippen LogP contribution in [0.2, 0.25) is 0 Å². The van der Waals surface area contributed by atoms with Gasteiger partial charge in [-0.3, -0.25) is 4.79 Å². The van der Waals surface area contributed by atoms with Crippen LogP contribution in [0.25, 0.3) is 0 Å². The van der Waals surface area contributed by atoms with Crippen molar-refractivity contribution in [1.29, 1.82) is 0 Å². The quantitative estimate of drug-likeness (QED) is 0.874. The minimum Gasteiger partial charge on any atom is -0.468 e. The number of ether oxygens (including phenoxy) is 1. The first-order chi connectivity index (χ1) is 11.2. The Morgan fingerprint density at radius 3 is 2.65 bits per heavy atom. The average Bonchev–Trinajstić information content (AvgIpc) is 2.92. The molecule has 0 saturated carbocycles. The molecule has 2 heterocycles. The lowest BCUT2D eigenvalue weighted by molar-refractivity contribution is 0.0729. The van der Waals surface area contributed by atoms with Gasteiger partial charge in [0.1, 0.15) is 0 Å². The van der Waals surface area contributed by atoms with Gasteiger partial charge in [0.25, 0.3) is 11.9 Å². The number of nitrogens with zero attached hydrogens (tertiary/aromatic N) is 2. The SMILES string of the molecule is COc1ccc(C(=O)N2CCCN(c3ccccc3C)CC2)o1. The molecule has 1 aromatic carbocycles. The Morgan fingerprint density at radius 2 is 1.91 bits per heavy atom. The zero-order chi connectivity index (χ0) is 16.2. The van der Waals surface area contributed by atoms with E-state index in [1.54, 1.807) is 12.1 Å². The lowest BCUT2D eigenvalue weighted by Gasteiger charge is -2.25. The lowest BCUT2D eigenvalue weighted by Crippen LogP contribution is -2.35. The van der Waals surface area contributed by atoms with Crippen molar-refractivity contribution in [1.82, 2.24) is 4.90 Å². The van der Waals surface area contributed by atoms with Crippen molar-refractivity contribution in [2.45, 2.75) is 13.3 Å². The van der Waals surface area contributed by atoms with E-state index in [1.165, 1.54) is 18.4 Å². The standard InChI is InChI=1S/C18H22N2O3/c1-14-6-3-4-7-15(14)19-10-5-11-20(13-12-19)18(21)16-8-9-17(22-2)23-16/h3-4,6-9H,5,10-13H2,1-2H3. The lowest BCUT2D eigenvalue weighted by atomic mass is 10.2. The third kappa shape index (κ3) is 3.33. The van der Waals surface area contributed by atoms with E-state index < -0.39 is 0 Å². The van der Waals surface area contributed by atoms with Crippen LogP contribution in [0.15, 0.2) is 40.8 Å². The fraction of sp³-hybridized carbons (Fsp3) is 0.389. The molecule has 0 radical (unpaired) electrons. The number of hydrogen-bond acceptors (Lipinski definition) is 4. The molecular formula is C18H22N2O3. The molecule has 5 nitrogen and oxygen atoms in total. The van der Waals surface area contributed by atoms with Crippen LogP contribution in [-0.2, 0) is 0 Å². The van der Waals surface area contributed by atoms with Gasteiger partial charge in [-0.2, -0.15) is 0 Å². The molecular weight excluding hydrogens is 292 g/mol. The number of aryl methyl sites for hydroxylation is 1. The smallest absolute Gasteiger partial charge is 0.289 e. The van der Waals surface area contributed by atoms with Crippen LogP contribution >= 0.6 is 0 Å². The Kier molecular flexibility index (Phi) is 4.55. The summed E-state index contributed by atoms with van der Waals surface area (Å²) >= 11 is 0. The number of hydrogen-bond donors (Lipinski definition) is 0. The molecule has 2 aromatic rings. The number of amides is 1. The van der Waals surface area contributed by atoms with E-state index in [4.69, 9.17) is 9.15 Å². The van der Waals surface area contributed by atoms with E-state index >= 15 is 0 Å². The van der Waals surface area contributed by atoms with Crippen LogP contribution < -0.4 is 9.64 Å². The summed E-state index contributed by atoms with van der Waals surface area (Å²) < 4.78 is 10.4. The van der Waals surface area contributed by atoms with Gasteiger partial charge in [-0.15, -0.1) is 0 Å². The Labute approximate surface area is 136 Å². The second-order valence-corrected chi connectivity index (χ2v) is 5.74. The second kappa shape index (κ2) is 6.77. The summed E-state index contributed by atoms with van der Waals surface area (Å²) in [6.45, 7) is 5.34. The molecule has 23 heavy (non-hydrogen) atoms. The Balaban J connectivity index is 1.68. The minimum atomic E-state index is -0.0695. The number of carbonyl (C=O) groups excluding carboxylic acids is 1. The number of para-hydroxylation sites is 1. The third-order valence-electron chi connectivity index (χ3n) is 4.23. The second-order valence-electron chi connectivity index (χ2n) is 5.74. The van der Waals surface area contributed by atoms with Gasteiger partial charge in [0.05, 0.1) is 7.11 Å². The van der Waals surface area contributed by atoms with Crippen molar-refractivity contribution in [3.63, 3.8) is 0 Å². The van der Waals surface area contributed by atoms with E-state index in [2.05, 4.69) is 36.1 Å². The number of benzene rings is 1. The topological polar surface area (TPSA) is 45.9 Å². The highest BCUT2D eigenvalue weighted by Gasteiger charge is 2.23. The van der Waals surface area contributed by atoms with Gasteiger partial charge in [-0.25, -0.2) is 0 Å². The number of rotatable bonds is 3. The van der Waals surface area contributed by atoms with Crippen molar-refractivity contribution < 1.29 is 13.9 Å². The van der Waals surface area contributed by atoms with Crippen molar-refractivity contribution in [2.24, 2.45) is 0 Å². The fourth-order valence-electron chi connectivity index (χ4n) is 2.98. The maximum atomic E-state index is 12.5. The highest BCUT2D eigenvalue weighted by Crippen LogP contribution is 2.22. The Hall–Kier alpha value is -2.43. The molecule has 0 bridgehead atoms. The van der Waals surface area contributed by atoms with Crippen LogP contribution in [0.3, 0.4) is 0 Å². The predicted molar refractivity (Wildman–Crippen MR) is 89.2 cm³/mol. The van der Waals surface area contributed by atoms with E-state index in [0.29, 0.717) is 18.3 Å². The van der Waals surface area contributed by atoms with Gasteiger partial charge < -0.3 is 19.0 Å². The van der Waals surface area contributed by atoms with Crippen molar-refractivity contribution in [2.75, 3.05) is 38.2 Å². The molecule has 122 valence electrons. The van der Waals surface area contributed by atoms with Crippen molar-refractivity contribution >= 4 is 11.6 Å². The Morgan fingerprint density at radius 1 is 1.09 bits per heavy atom. The summed E-state index contributed by atoms with van der Waals surface area (Å²) in [6, 6.07) is 11.7. The molecule has 0 N–H and O–H groups in total. The molecule has 0 spiro atoms. The van der Waals surface area contributed by atoms with Crippen LogP contribution in [0.4, 0.5) is 5.69 Å². The zero-order valence-corrected chi connectivity index (χ0v) is 13.6. The molecule has 1 aromatic heterocycles. The maximum absolute atomic E-state index is 12.5. The number of anilines is 1. The molecule has 1 amide bonds. The van der Waals surface area contributed by atoms with E-state index in [0.717, 1.165) is 26.1 Å². The van der Waals surface area contributed by atoms with Crippen molar-refractivity contribution in [3.8, 4) is 5.95 Å². The minimum absolute atomic E-state index is 0.0695. The number of methoxy groups -OCH3 is 1.